The van der Waals surface area contributed by atoms with E-state index in [0.717, 1.165) is 29.8 Å². The molecular weight excluding hydrogens is 497 g/mol. The molecule has 2 aliphatic heterocycles. The molecule has 9 heteroatoms. The van der Waals surface area contributed by atoms with Gasteiger partial charge in [-0.1, -0.05) is 25.1 Å². The minimum atomic E-state index is -4.47. The number of hydrogen-bond acceptors (Lipinski definition) is 5. The molecular formula is C29H31F3N2O4. The first-order valence-electron chi connectivity index (χ1n) is 13.0. The van der Waals surface area contributed by atoms with Gasteiger partial charge in [-0.05, 0) is 74.2 Å². The van der Waals surface area contributed by atoms with Crippen molar-refractivity contribution in [2.75, 3.05) is 20.6 Å². The van der Waals surface area contributed by atoms with E-state index < -0.39 is 34.9 Å². The third-order valence-corrected chi connectivity index (χ3v) is 9.48. The lowest BCUT2D eigenvalue weighted by molar-refractivity contribution is -0.208. The van der Waals surface area contributed by atoms with Crippen LogP contribution in [0.2, 0.25) is 0 Å². The van der Waals surface area contributed by atoms with Gasteiger partial charge in [0.05, 0.1) is 22.6 Å². The van der Waals surface area contributed by atoms with Gasteiger partial charge in [0.15, 0.2) is 11.5 Å². The second-order valence-corrected chi connectivity index (χ2v) is 11.4. The molecule has 6 atom stereocenters. The van der Waals surface area contributed by atoms with E-state index in [1.807, 2.05) is 20.0 Å². The molecule has 2 aromatic rings. The number of alkyl halides is 3. The molecule has 6 rings (SSSR count). The van der Waals surface area contributed by atoms with Gasteiger partial charge in [-0.15, -0.1) is 0 Å². The number of aromatic hydroxyl groups is 1. The first kappa shape index (κ1) is 25.2. The number of amides is 1. The van der Waals surface area contributed by atoms with Gasteiger partial charge in [0.25, 0.3) is 0 Å². The van der Waals surface area contributed by atoms with Crippen LogP contribution in [0, 0.1) is 5.92 Å². The summed E-state index contributed by atoms with van der Waals surface area (Å²) in [7, 11) is 3.70. The molecule has 2 bridgehead atoms. The van der Waals surface area contributed by atoms with E-state index in [9.17, 15) is 28.2 Å². The Morgan fingerprint density at radius 2 is 2.03 bits per heavy atom. The zero-order chi connectivity index (χ0) is 27.2. The van der Waals surface area contributed by atoms with Gasteiger partial charge in [0.2, 0.25) is 5.91 Å². The molecule has 6 nitrogen and oxygen atoms in total. The lowest BCUT2D eigenvalue weighted by Crippen LogP contribution is -2.79. The van der Waals surface area contributed by atoms with Crippen molar-refractivity contribution >= 4 is 12.0 Å². The summed E-state index contributed by atoms with van der Waals surface area (Å²) in [6, 6.07) is 7.84. The average Bonchev–Trinajstić information content (AvgIpc) is 3.20. The van der Waals surface area contributed by atoms with Crippen LogP contribution in [0.4, 0.5) is 13.2 Å². The summed E-state index contributed by atoms with van der Waals surface area (Å²) in [6.45, 7) is 2.74. The smallest absolute Gasteiger partial charge is 0.416 e. The van der Waals surface area contributed by atoms with Crippen LogP contribution in [-0.2, 0) is 22.8 Å². The summed E-state index contributed by atoms with van der Waals surface area (Å²) in [4.78, 5) is 17.2. The Morgan fingerprint density at radius 3 is 2.76 bits per heavy atom. The van der Waals surface area contributed by atoms with Crippen molar-refractivity contribution in [3.05, 3.63) is 64.7 Å². The van der Waals surface area contributed by atoms with Crippen molar-refractivity contribution in [1.29, 1.82) is 0 Å². The Morgan fingerprint density at radius 1 is 1.26 bits per heavy atom. The quantitative estimate of drug-likeness (QED) is 0.590. The van der Waals surface area contributed by atoms with E-state index in [4.69, 9.17) is 4.74 Å². The van der Waals surface area contributed by atoms with Crippen LogP contribution in [0.1, 0.15) is 42.0 Å². The maximum absolute atomic E-state index is 13.4. The minimum absolute atomic E-state index is 0.0251. The van der Waals surface area contributed by atoms with Gasteiger partial charge >= 0.3 is 6.18 Å². The number of ether oxygens (including phenoxy) is 1. The fraction of sp³-hybridized carbons (Fsp3) is 0.483. The van der Waals surface area contributed by atoms with Crippen molar-refractivity contribution in [1.82, 2.24) is 9.80 Å². The van der Waals surface area contributed by atoms with Crippen LogP contribution in [0.15, 0.2) is 42.5 Å². The van der Waals surface area contributed by atoms with Crippen molar-refractivity contribution < 1.29 is 32.9 Å². The average molecular weight is 529 g/mol. The first-order chi connectivity index (χ1) is 17.9. The van der Waals surface area contributed by atoms with Gasteiger partial charge in [0, 0.05) is 24.7 Å². The molecule has 1 spiro atoms. The number of aliphatic hydroxyl groups is 1. The Hall–Kier alpha value is -3.04. The number of hydrogen-bond donors (Lipinski definition) is 2. The van der Waals surface area contributed by atoms with Crippen molar-refractivity contribution in [2.24, 2.45) is 5.92 Å². The van der Waals surface area contributed by atoms with Gasteiger partial charge < -0.3 is 24.7 Å². The number of phenols is 1. The zero-order valence-electron chi connectivity index (χ0n) is 21.5. The first-order valence-corrected chi connectivity index (χ1v) is 13.0. The summed E-state index contributed by atoms with van der Waals surface area (Å²) in [6.07, 6.45) is -0.652. The topological polar surface area (TPSA) is 73.2 Å². The molecule has 1 amide bonds. The fourth-order valence-corrected chi connectivity index (χ4v) is 7.84. The number of likely N-dealkylation sites (tertiary alicyclic amines) is 1. The Balaban J connectivity index is 1.36. The van der Waals surface area contributed by atoms with E-state index in [2.05, 4.69) is 4.90 Å². The number of piperidine rings is 1. The van der Waals surface area contributed by atoms with Crippen molar-refractivity contribution in [3.8, 4) is 11.5 Å². The predicted molar refractivity (Wildman–Crippen MR) is 135 cm³/mol. The van der Waals surface area contributed by atoms with Crippen molar-refractivity contribution in [3.63, 3.8) is 0 Å². The third-order valence-electron chi connectivity index (χ3n) is 9.48. The predicted octanol–water partition coefficient (Wildman–Crippen LogP) is 3.98. The highest BCUT2D eigenvalue weighted by Crippen LogP contribution is 2.66. The highest BCUT2D eigenvalue weighted by Gasteiger charge is 2.74. The number of carbonyl (C=O) groups excluding carboxylic acids is 1. The monoisotopic (exact) mass is 528 g/mol. The van der Waals surface area contributed by atoms with Gasteiger partial charge in [-0.3, -0.25) is 4.79 Å². The number of rotatable bonds is 3. The number of likely N-dealkylation sites (N-methyl/N-ethyl adjacent to an activating group) is 2. The molecule has 2 N–H and O–H groups in total. The SMILES string of the molecule is C[C@H]1C[C@@]2(O)[C@H]3Cc4ccc(O)c5c4[C@@]2(CCN3C)[C@@H](O5)[C@@H]1N(C)C(=O)C=Cc1cccc(C(F)(F)F)c1. The molecule has 4 aliphatic rings. The third kappa shape index (κ3) is 3.30. The highest BCUT2D eigenvalue weighted by atomic mass is 19.4. The Kier molecular flexibility index (Phi) is 5.47. The molecule has 2 aliphatic carbocycles. The normalized spacial score (nSPS) is 33.7. The Bertz CT molecular complexity index is 1340. The second kappa shape index (κ2) is 8.23. The van der Waals surface area contributed by atoms with E-state index in [-0.39, 0.29) is 29.2 Å². The molecule has 202 valence electrons. The van der Waals surface area contributed by atoms with Crippen LogP contribution in [0.5, 0.6) is 11.5 Å². The number of halogens is 3. The molecule has 0 unspecified atom stereocenters. The van der Waals surface area contributed by atoms with Gasteiger partial charge in [-0.25, -0.2) is 0 Å². The van der Waals surface area contributed by atoms with Gasteiger partial charge in [-0.2, -0.15) is 13.2 Å². The van der Waals surface area contributed by atoms with Crippen molar-refractivity contribution in [2.45, 2.75) is 61.6 Å². The van der Waals surface area contributed by atoms with E-state index in [1.54, 1.807) is 18.0 Å². The number of nitrogens with zero attached hydrogens (tertiary/aromatic N) is 2. The fourth-order valence-electron chi connectivity index (χ4n) is 7.84. The molecule has 2 fully saturated rings. The second-order valence-electron chi connectivity index (χ2n) is 11.4. The number of phenolic OH excluding ortho intramolecular Hbond substituents is 1. The van der Waals surface area contributed by atoms with E-state index in [0.29, 0.717) is 25.0 Å². The molecule has 1 saturated carbocycles. The molecule has 0 aromatic heterocycles. The lowest BCUT2D eigenvalue weighted by atomic mass is 9.47. The largest absolute Gasteiger partial charge is 0.504 e. The summed E-state index contributed by atoms with van der Waals surface area (Å²) >= 11 is 0. The lowest BCUT2D eigenvalue weighted by Gasteiger charge is -2.65. The van der Waals surface area contributed by atoms with Crippen LogP contribution in [-0.4, -0.2) is 70.3 Å². The maximum atomic E-state index is 13.4. The van der Waals surface area contributed by atoms with Crippen LogP contribution >= 0.6 is 0 Å². The summed E-state index contributed by atoms with van der Waals surface area (Å²) in [5.41, 5.74) is -0.454. The highest BCUT2D eigenvalue weighted by molar-refractivity contribution is 5.92. The summed E-state index contributed by atoms with van der Waals surface area (Å²) in [5, 5.41) is 23.2. The number of benzene rings is 2. The molecule has 38 heavy (non-hydrogen) atoms. The van der Waals surface area contributed by atoms with Crippen LogP contribution in [0.3, 0.4) is 0 Å². The molecule has 0 radical (unpaired) electrons. The van der Waals surface area contributed by atoms with Gasteiger partial charge in [0.1, 0.15) is 6.10 Å². The van der Waals surface area contributed by atoms with Crippen LogP contribution in [0.25, 0.3) is 6.08 Å². The molecule has 2 aromatic carbocycles. The zero-order valence-corrected chi connectivity index (χ0v) is 21.5. The molecule has 1 saturated heterocycles. The summed E-state index contributed by atoms with van der Waals surface area (Å²) in [5.74, 6) is -0.0862. The van der Waals surface area contributed by atoms with E-state index >= 15 is 0 Å². The Labute approximate surface area is 219 Å². The summed E-state index contributed by atoms with van der Waals surface area (Å²) < 4.78 is 45.9. The standard InChI is InChI=1S/C29H31F3N2O4/c1-16-15-28(37)21-14-18-8-9-20(35)25-23(18)27(28,11-12-33(21)2)26(38-25)24(16)34(3)22(36)10-7-17-5-4-6-19(13-17)29(30,31)32/h4-10,13,16,21,24,26,35,37H,11-12,14-15H2,1-3H3/t16-,21+,24+,26-,27-,28+/m0/s1. The minimum Gasteiger partial charge on any atom is -0.504 e. The number of carbonyl (C=O) groups is 1. The maximum Gasteiger partial charge on any atom is 0.416 e. The van der Waals surface area contributed by atoms with E-state index in [1.165, 1.54) is 24.3 Å². The van der Waals surface area contributed by atoms with Crippen LogP contribution < -0.4 is 4.74 Å². The molecule has 2 heterocycles.